The molecule has 23 heavy (non-hydrogen) atoms. The highest BCUT2D eigenvalue weighted by Gasteiger charge is 2.21. The first kappa shape index (κ1) is 17.0. The van der Waals surface area contributed by atoms with Gasteiger partial charge in [0.2, 0.25) is 5.91 Å². The summed E-state index contributed by atoms with van der Waals surface area (Å²) in [5.41, 5.74) is 0.997. The lowest BCUT2D eigenvalue weighted by Gasteiger charge is -2.20. The summed E-state index contributed by atoms with van der Waals surface area (Å²) in [6.45, 7) is 1.40. The first-order valence-electron chi connectivity index (χ1n) is 7.92. The van der Waals surface area contributed by atoms with Gasteiger partial charge in [-0.1, -0.05) is 19.3 Å². The van der Waals surface area contributed by atoms with Crippen molar-refractivity contribution in [1.29, 1.82) is 0 Å². The Morgan fingerprint density at radius 1 is 1.09 bits per heavy atom. The maximum atomic E-state index is 12.2. The minimum Gasteiger partial charge on any atom is -0.480 e. The van der Waals surface area contributed by atoms with Gasteiger partial charge in [-0.2, -0.15) is 0 Å². The van der Waals surface area contributed by atoms with Crippen LogP contribution in [0.3, 0.4) is 0 Å². The quantitative estimate of drug-likeness (QED) is 0.777. The number of rotatable bonds is 5. The fourth-order valence-corrected chi connectivity index (χ4v) is 2.66. The molecule has 0 spiro atoms. The number of hydrogen-bond donors (Lipinski definition) is 3. The number of carboxylic acid groups (broad SMARTS) is 1. The Hall–Kier alpha value is -2.37. The second-order valence-corrected chi connectivity index (χ2v) is 5.93. The minimum absolute atomic E-state index is 0.0291. The molecule has 1 aliphatic rings. The normalized spacial score (nSPS) is 16.4. The van der Waals surface area contributed by atoms with Crippen molar-refractivity contribution in [3.8, 4) is 0 Å². The summed E-state index contributed by atoms with van der Waals surface area (Å²) in [4.78, 5) is 34.8. The van der Waals surface area contributed by atoms with Gasteiger partial charge in [0.1, 0.15) is 6.04 Å². The molecule has 6 heteroatoms. The first-order chi connectivity index (χ1) is 11.0. The van der Waals surface area contributed by atoms with Crippen molar-refractivity contribution in [2.24, 2.45) is 5.92 Å². The molecule has 6 nitrogen and oxygen atoms in total. The van der Waals surface area contributed by atoms with Crippen molar-refractivity contribution in [3.05, 3.63) is 29.8 Å². The van der Waals surface area contributed by atoms with E-state index in [1.165, 1.54) is 13.3 Å². The van der Waals surface area contributed by atoms with E-state index >= 15 is 0 Å². The summed E-state index contributed by atoms with van der Waals surface area (Å²) in [6.07, 6.45) is 5.25. The molecule has 1 atom stereocenters. The van der Waals surface area contributed by atoms with Gasteiger partial charge in [-0.3, -0.25) is 14.4 Å². The lowest BCUT2D eigenvalue weighted by Crippen LogP contribution is -2.38. The van der Waals surface area contributed by atoms with Gasteiger partial charge in [0.15, 0.2) is 0 Å². The zero-order valence-corrected chi connectivity index (χ0v) is 13.2. The van der Waals surface area contributed by atoms with Crippen LogP contribution in [0.5, 0.6) is 0 Å². The maximum absolute atomic E-state index is 12.2. The molecule has 2 amide bonds. The average Bonchev–Trinajstić information content (AvgIpc) is 2.56. The van der Waals surface area contributed by atoms with E-state index < -0.39 is 17.9 Å². The largest absolute Gasteiger partial charge is 0.480 e. The number of carbonyl (C=O) groups excluding carboxylic acids is 2. The van der Waals surface area contributed by atoms with Gasteiger partial charge < -0.3 is 15.7 Å². The van der Waals surface area contributed by atoms with Gasteiger partial charge in [-0.15, -0.1) is 0 Å². The van der Waals surface area contributed by atoms with E-state index in [1.807, 2.05) is 0 Å². The Kier molecular flexibility index (Phi) is 5.73. The van der Waals surface area contributed by atoms with Gasteiger partial charge in [-0.25, -0.2) is 0 Å². The van der Waals surface area contributed by atoms with Crippen LogP contribution in [0.1, 0.15) is 49.4 Å². The average molecular weight is 318 g/mol. The summed E-state index contributed by atoms with van der Waals surface area (Å²) in [6, 6.07) is 5.50. The Bertz CT molecular complexity index is 577. The molecule has 1 fully saturated rings. The molecule has 1 unspecified atom stereocenters. The molecule has 3 N–H and O–H groups in total. The number of nitrogens with one attached hydrogen (secondary N) is 2. The standard InChI is InChI=1S/C17H22N2O4/c1-11(17(22)23)18-15(20)13-7-9-14(10-8-13)19-16(21)12-5-3-2-4-6-12/h7-12H,2-6H2,1H3,(H,18,20)(H,19,21)(H,22,23). The van der Waals surface area contributed by atoms with Gasteiger partial charge >= 0.3 is 5.97 Å². The summed E-state index contributed by atoms with van der Waals surface area (Å²) < 4.78 is 0. The predicted octanol–water partition coefficient (Wildman–Crippen LogP) is 2.41. The minimum atomic E-state index is -1.09. The first-order valence-corrected chi connectivity index (χ1v) is 7.92. The second kappa shape index (κ2) is 7.76. The second-order valence-electron chi connectivity index (χ2n) is 5.93. The number of aliphatic carboxylic acids is 1. The van der Waals surface area contributed by atoms with Crippen LogP contribution in [-0.4, -0.2) is 28.9 Å². The van der Waals surface area contributed by atoms with Crippen LogP contribution < -0.4 is 10.6 Å². The molecule has 124 valence electrons. The van der Waals surface area contributed by atoms with Crippen molar-refractivity contribution in [3.63, 3.8) is 0 Å². The Morgan fingerprint density at radius 2 is 1.70 bits per heavy atom. The zero-order chi connectivity index (χ0) is 16.8. The van der Waals surface area contributed by atoms with Crippen molar-refractivity contribution < 1.29 is 19.5 Å². The molecule has 0 radical (unpaired) electrons. The molecule has 0 aliphatic heterocycles. The van der Waals surface area contributed by atoms with Crippen molar-refractivity contribution in [2.75, 3.05) is 5.32 Å². The van der Waals surface area contributed by atoms with E-state index in [0.29, 0.717) is 11.3 Å². The summed E-state index contributed by atoms with van der Waals surface area (Å²) in [5.74, 6) is -1.44. The fraction of sp³-hybridized carbons (Fsp3) is 0.471. The molecule has 1 aromatic carbocycles. The Balaban J connectivity index is 1.92. The van der Waals surface area contributed by atoms with E-state index in [9.17, 15) is 14.4 Å². The fourth-order valence-electron chi connectivity index (χ4n) is 2.66. The zero-order valence-electron chi connectivity index (χ0n) is 13.2. The molecule has 0 aromatic heterocycles. The summed E-state index contributed by atoms with van der Waals surface area (Å²) >= 11 is 0. The van der Waals surface area contributed by atoms with Crippen LogP contribution in [0, 0.1) is 5.92 Å². The smallest absolute Gasteiger partial charge is 0.325 e. The number of amides is 2. The highest BCUT2D eigenvalue weighted by Crippen LogP contribution is 2.25. The number of carboxylic acids is 1. The topological polar surface area (TPSA) is 95.5 Å². The van der Waals surface area contributed by atoms with Crippen LogP contribution in [0.2, 0.25) is 0 Å². The number of benzene rings is 1. The number of carbonyl (C=O) groups is 3. The summed E-state index contributed by atoms with van der Waals surface area (Å²) in [5, 5.41) is 14.0. The number of hydrogen-bond acceptors (Lipinski definition) is 3. The van der Waals surface area contributed by atoms with Gasteiger partial charge in [0, 0.05) is 17.2 Å². The molecule has 0 heterocycles. The molecule has 1 saturated carbocycles. The van der Waals surface area contributed by atoms with Crippen molar-refractivity contribution >= 4 is 23.5 Å². The van der Waals surface area contributed by atoms with Crippen LogP contribution in [0.4, 0.5) is 5.69 Å². The van der Waals surface area contributed by atoms with Crippen LogP contribution in [-0.2, 0) is 9.59 Å². The van der Waals surface area contributed by atoms with Gasteiger partial charge in [0.05, 0.1) is 0 Å². The predicted molar refractivity (Wildman–Crippen MR) is 86.2 cm³/mol. The highest BCUT2D eigenvalue weighted by atomic mass is 16.4. The number of anilines is 1. The van der Waals surface area contributed by atoms with E-state index in [1.54, 1.807) is 24.3 Å². The van der Waals surface area contributed by atoms with Crippen molar-refractivity contribution in [2.45, 2.75) is 45.1 Å². The molecule has 0 bridgehead atoms. The van der Waals surface area contributed by atoms with E-state index in [-0.39, 0.29) is 11.8 Å². The SMILES string of the molecule is CC(NC(=O)c1ccc(NC(=O)C2CCCCC2)cc1)C(=O)O. The molecule has 1 aromatic rings. The van der Waals surface area contributed by atoms with Crippen LogP contribution in [0.15, 0.2) is 24.3 Å². The molecular weight excluding hydrogens is 296 g/mol. The lowest BCUT2D eigenvalue weighted by molar-refractivity contribution is -0.138. The van der Waals surface area contributed by atoms with Gasteiger partial charge in [0.25, 0.3) is 5.91 Å². The summed E-state index contributed by atoms with van der Waals surface area (Å²) in [7, 11) is 0. The molecule has 2 rings (SSSR count). The third-order valence-electron chi connectivity index (χ3n) is 4.11. The van der Waals surface area contributed by atoms with Gasteiger partial charge in [-0.05, 0) is 44.0 Å². The Morgan fingerprint density at radius 3 is 2.26 bits per heavy atom. The lowest BCUT2D eigenvalue weighted by atomic mass is 9.88. The highest BCUT2D eigenvalue weighted by molar-refractivity contribution is 5.97. The molecular formula is C17H22N2O4. The monoisotopic (exact) mass is 318 g/mol. The molecule has 1 aliphatic carbocycles. The van der Waals surface area contributed by atoms with Crippen LogP contribution in [0.25, 0.3) is 0 Å². The maximum Gasteiger partial charge on any atom is 0.325 e. The Labute approximate surface area is 135 Å². The van der Waals surface area contributed by atoms with Crippen LogP contribution >= 0.6 is 0 Å². The third-order valence-corrected chi connectivity index (χ3v) is 4.11. The van der Waals surface area contributed by atoms with E-state index in [2.05, 4.69) is 10.6 Å². The van der Waals surface area contributed by atoms with E-state index in [4.69, 9.17) is 5.11 Å². The van der Waals surface area contributed by atoms with E-state index in [0.717, 1.165) is 25.7 Å². The molecule has 0 saturated heterocycles. The third kappa shape index (κ3) is 4.81. The van der Waals surface area contributed by atoms with Crippen molar-refractivity contribution in [1.82, 2.24) is 5.32 Å².